The smallest absolute Gasteiger partial charge is 0.340 e. The minimum Gasteiger partial charge on any atom is -0.462 e. The van der Waals surface area contributed by atoms with E-state index in [1.54, 1.807) is 19.2 Å². The Kier molecular flexibility index (Phi) is 5.42. The van der Waals surface area contributed by atoms with Crippen LogP contribution in [0, 0.1) is 5.92 Å². The summed E-state index contributed by atoms with van der Waals surface area (Å²) in [5.74, 6) is 0.989. The third kappa shape index (κ3) is 4.09. The Morgan fingerprint density at radius 3 is 3.00 bits per heavy atom. The molecule has 5 heteroatoms. The van der Waals surface area contributed by atoms with E-state index in [0.29, 0.717) is 29.7 Å². The number of hydrogen-bond acceptors (Lipinski definition) is 5. The first kappa shape index (κ1) is 15.6. The van der Waals surface area contributed by atoms with Crippen molar-refractivity contribution < 1.29 is 9.53 Å². The number of pyridine rings is 1. The van der Waals surface area contributed by atoms with E-state index in [1.807, 2.05) is 0 Å². The number of anilines is 2. The first-order valence-electron chi connectivity index (χ1n) is 7.80. The first-order chi connectivity index (χ1) is 10.1. The second kappa shape index (κ2) is 7.29. The van der Waals surface area contributed by atoms with Crippen molar-refractivity contribution in [1.82, 2.24) is 4.98 Å². The SMILES string of the molecule is CCOC(=O)c1ccnc(NC2CCCC(C)CC2)c1N. The number of esters is 1. The normalized spacial score (nSPS) is 22.4. The molecule has 1 saturated carbocycles. The number of nitrogens with zero attached hydrogens (tertiary/aromatic N) is 1. The van der Waals surface area contributed by atoms with Crippen LogP contribution in [0.2, 0.25) is 0 Å². The van der Waals surface area contributed by atoms with Gasteiger partial charge >= 0.3 is 5.97 Å². The van der Waals surface area contributed by atoms with Gasteiger partial charge in [0.1, 0.15) is 5.82 Å². The standard InChI is InChI=1S/C16H25N3O2/c1-3-21-16(20)13-9-10-18-15(14(13)17)19-12-6-4-5-11(2)7-8-12/h9-12H,3-8,17H2,1-2H3,(H,18,19). The van der Waals surface area contributed by atoms with Crippen LogP contribution in [0.25, 0.3) is 0 Å². The molecule has 2 unspecified atom stereocenters. The first-order valence-corrected chi connectivity index (χ1v) is 7.80. The monoisotopic (exact) mass is 291 g/mol. The number of nitrogen functional groups attached to an aromatic ring is 1. The Morgan fingerprint density at radius 2 is 2.24 bits per heavy atom. The van der Waals surface area contributed by atoms with Crippen molar-refractivity contribution in [3.05, 3.63) is 17.8 Å². The van der Waals surface area contributed by atoms with Crippen LogP contribution in [0.5, 0.6) is 0 Å². The third-order valence-electron chi connectivity index (χ3n) is 4.08. The van der Waals surface area contributed by atoms with Crippen molar-refractivity contribution >= 4 is 17.5 Å². The molecule has 0 bridgehead atoms. The van der Waals surface area contributed by atoms with Crippen molar-refractivity contribution in [2.75, 3.05) is 17.7 Å². The van der Waals surface area contributed by atoms with Gasteiger partial charge < -0.3 is 15.8 Å². The van der Waals surface area contributed by atoms with Gasteiger partial charge in [-0.25, -0.2) is 9.78 Å². The van der Waals surface area contributed by atoms with Gasteiger partial charge in [0.25, 0.3) is 0 Å². The molecule has 1 heterocycles. The summed E-state index contributed by atoms with van der Waals surface area (Å²) in [7, 11) is 0. The minimum atomic E-state index is -0.394. The zero-order chi connectivity index (χ0) is 15.2. The Balaban J connectivity index is 2.09. The molecule has 0 aromatic carbocycles. The molecule has 5 nitrogen and oxygen atoms in total. The molecule has 1 aliphatic rings. The second-order valence-electron chi connectivity index (χ2n) is 5.80. The van der Waals surface area contributed by atoms with Crippen LogP contribution >= 0.6 is 0 Å². The van der Waals surface area contributed by atoms with E-state index < -0.39 is 5.97 Å². The predicted octanol–water partition coefficient (Wildman–Crippen LogP) is 3.22. The van der Waals surface area contributed by atoms with E-state index in [4.69, 9.17) is 10.5 Å². The lowest BCUT2D eigenvalue weighted by Gasteiger charge is -2.19. The van der Waals surface area contributed by atoms with Gasteiger partial charge in [0, 0.05) is 12.2 Å². The van der Waals surface area contributed by atoms with Crippen LogP contribution in [0.4, 0.5) is 11.5 Å². The molecule has 0 amide bonds. The predicted molar refractivity (Wildman–Crippen MR) is 84.3 cm³/mol. The quantitative estimate of drug-likeness (QED) is 0.658. The fourth-order valence-electron chi connectivity index (χ4n) is 2.80. The molecule has 0 radical (unpaired) electrons. The molecule has 1 aliphatic carbocycles. The Labute approximate surface area is 126 Å². The van der Waals surface area contributed by atoms with Crippen molar-refractivity contribution in [2.24, 2.45) is 5.92 Å². The number of carbonyl (C=O) groups excluding carboxylic acids is 1. The highest BCUT2D eigenvalue weighted by Crippen LogP contribution is 2.27. The molecule has 21 heavy (non-hydrogen) atoms. The van der Waals surface area contributed by atoms with E-state index in [2.05, 4.69) is 17.2 Å². The molecule has 1 fully saturated rings. The van der Waals surface area contributed by atoms with Crippen molar-refractivity contribution in [3.63, 3.8) is 0 Å². The van der Waals surface area contributed by atoms with Crippen molar-refractivity contribution in [2.45, 2.75) is 52.0 Å². The average Bonchev–Trinajstić information content (AvgIpc) is 2.66. The van der Waals surface area contributed by atoms with E-state index >= 15 is 0 Å². The highest BCUT2D eigenvalue weighted by atomic mass is 16.5. The highest BCUT2D eigenvalue weighted by Gasteiger charge is 2.19. The van der Waals surface area contributed by atoms with Crippen LogP contribution < -0.4 is 11.1 Å². The van der Waals surface area contributed by atoms with Gasteiger partial charge in [-0.05, 0) is 38.2 Å². The van der Waals surface area contributed by atoms with Crippen molar-refractivity contribution in [1.29, 1.82) is 0 Å². The number of nitrogens with two attached hydrogens (primary N) is 1. The number of hydrogen-bond donors (Lipinski definition) is 2. The maximum Gasteiger partial charge on any atom is 0.340 e. The summed E-state index contributed by atoms with van der Waals surface area (Å²) in [6.45, 7) is 4.42. The van der Waals surface area contributed by atoms with Gasteiger partial charge in [-0.15, -0.1) is 0 Å². The van der Waals surface area contributed by atoms with Crippen molar-refractivity contribution in [3.8, 4) is 0 Å². The number of ether oxygens (including phenoxy) is 1. The molecule has 116 valence electrons. The fourth-order valence-corrected chi connectivity index (χ4v) is 2.80. The molecule has 0 aliphatic heterocycles. The second-order valence-corrected chi connectivity index (χ2v) is 5.80. The van der Waals surface area contributed by atoms with E-state index in [1.165, 1.54) is 19.3 Å². The number of carbonyl (C=O) groups is 1. The van der Waals surface area contributed by atoms with Gasteiger partial charge in [0.15, 0.2) is 0 Å². The Morgan fingerprint density at radius 1 is 1.43 bits per heavy atom. The molecule has 2 rings (SSSR count). The molecule has 0 spiro atoms. The van der Waals surface area contributed by atoms with Crippen LogP contribution in [-0.2, 0) is 4.74 Å². The zero-order valence-electron chi connectivity index (χ0n) is 12.9. The van der Waals surface area contributed by atoms with Gasteiger partial charge in [0.05, 0.1) is 17.9 Å². The maximum atomic E-state index is 11.9. The maximum absolute atomic E-state index is 11.9. The number of aromatic nitrogens is 1. The van der Waals surface area contributed by atoms with Crippen LogP contribution in [0.15, 0.2) is 12.3 Å². The van der Waals surface area contributed by atoms with Crippen LogP contribution in [0.1, 0.15) is 56.3 Å². The van der Waals surface area contributed by atoms with Gasteiger partial charge in [-0.3, -0.25) is 0 Å². The summed E-state index contributed by atoms with van der Waals surface area (Å²) in [5.41, 5.74) is 6.84. The van der Waals surface area contributed by atoms with Gasteiger partial charge in [-0.2, -0.15) is 0 Å². The molecule has 1 aromatic rings. The summed E-state index contributed by atoms with van der Waals surface area (Å²) in [5, 5.41) is 3.40. The average molecular weight is 291 g/mol. The van der Waals surface area contributed by atoms with Crippen LogP contribution in [0.3, 0.4) is 0 Å². The number of rotatable bonds is 4. The number of nitrogens with one attached hydrogen (secondary N) is 1. The third-order valence-corrected chi connectivity index (χ3v) is 4.08. The Bertz CT molecular complexity index is 490. The lowest BCUT2D eigenvalue weighted by Crippen LogP contribution is -2.21. The molecular weight excluding hydrogens is 266 g/mol. The van der Waals surface area contributed by atoms with Gasteiger partial charge in [0.2, 0.25) is 0 Å². The summed E-state index contributed by atoms with van der Waals surface area (Å²) in [4.78, 5) is 16.1. The molecular formula is C16H25N3O2. The highest BCUT2D eigenvalue weighted by molar-refractivity contribution is 5.97. The molecule has 1 aromatic heterocycles. The zero-order valence-corrected chi connectivity index (χ0v) is 12.9. The lowest BCUT2D eigenvalue weighted by atomic mass is 10.0. The molecule has 0 saturated heterocycles. The van der Waals surface area contributed by atoms with Gasteiger partial charge in [-0.1, -0.05) is 19.8 Å². The lowest BCUT2D eigenvalue weighted by molar-refractivity contribution is 0.0527. The Hall–Kier alpha value is -1.78. The van der Waals surface area contributed by atoms with E-state index in [-0.39, 0.29) is 0 Å². The van der Waals surface area contributed by atoms with E-state index in [0.717, 1.165) is 18.8 Å². The summed E-state index contributed by atoms with van der Waals surface area (Å²) in [6.07, 6.45) is 7.56. The fraction of sp³-hybridized carbons (Fsp3) is 0.625. The summed E-state index contributed by atoms with van der Waals surface area (Å²) >= 11 is 0. The summed E-state index contributed by atoms with van der Waals surface area (Å²) in [6, 6.07) is 1.98. The van der Waals surface area contributed by atoms with Crippen LogP contribution in [-0.4, -0.2) is 23.6 Å². The largest absolute Gasteiger partial charge is 0.462 e. The topological polar surface area (TPSA) is 77.2 Å². The minimum absolute atomic E-state index is 0.337. The summed E-state index contributed by atoms with van der Waals surface area (Å²) < 4.78 is 5.01. The molecule has 3 N–H and O–H groups in total. The van der Waals surface area contributed by atoms with E-state index in [9.17, 15) is 4.79 Å². The molecule has 2 atom stereocenters.